The summed E-state index contributed by atoms with van der Waals surface area (Å²) in [5, 5.41) is 8.33. The van der Waals surface area contributed by atoms with E-state index < -0.39 is 0 Å². The molecule has 0 unspecified atom stereocenters. The predicted molar refractivity (Wildman–Crippen MR) is 56.8 cm³/mol. The summed E-state index contributed by atoms with van der Waals surface area (Å²) in [5.74, 6) is 0.615. The van der Waals surface area contributed by atoms with Crippen LogP contribution in [-0.4, -0.2) is 12.9 Å². The Bertz CT molecular complexity index is 355. The number of aldehydes is 1. The van der Waals surface area contributed by atoms with Gasteiger partial charge in [0.1, 0.15) is 5.75 Å². The summed E-state index contributed by atoms with van der Waals surface area (Å²) in [7, 11) is 0. The summed E-state index contributed by atoms with van der Waals surface area (Å²) in [4.78, 5) is 10.6. The number of unbranched alkanes of at least 4 members (excludes halogenated alkanes) is 2. The maximum atomic E-state index is 10.6. The van der Waals surface area contributed by atoms with Gasteiger partial charge in [0.2, 0.25) is 0 Å². The monoisotopic (exact) mass is 203 g/mol. The predicted octanol–water partition coefficient (Wildman–Crippen LogP) is 2.57. The molecule has 3 nitrogen and oxygen atoms in total. The molecule has 0 radical (unpaired) electrons. The Morgan fingerprint density at radius 2 is 2.13 bits per heavy atom. The molecule has 0 N–H and O–H groups in total. The number of rotatable bonds is 6. The first kappa shape index (κ1) is 11.3. The van der Waals surface area contributed by atoms with Gasteiger partial charge in [0.25, 0.3) is 0 Å². The first-order chi connectivity index (χ1) is 7.38. The van der Waals surface area contributed by atoms with E-state index in [0.29, 0.717) is 24.3 Å². The van der Waals surface area contributed by atoms with Crippen LogP contribution < -0.4 is 4.74 Å². The summed E-state index contributed by atoms with van der Waals surface area (Å²) in [6, 6.07) is 9.20. The van der Waals surface area contributed by atoms with Crippen LogP contribution in [0.25, 0.3) is 0 Å². The molecular weight excluding hydrogens is 190 g/mol. The molecule has 0 amide bonds. The van der Waals surface area contributed by atoms with E-state index in [4.69, 9.17) is 10.00 Å². The van der Waals surface area contributed by atoms with E-state index in [1.807, 2.05) is 6.07 Å². The molecule has 0 heterocycles. The maximum Gasteiger partial charge on any atom is 0.153 e. The largest absolute Gasteiger partial charge is 0.493 e. The zero-order chi connectivity index (χ0) is 10.9. The topological polar surface area (TPSA) is 50.1 Å². The second kappa shape index (κ2) is 6.61. The molecule has 0 bridgehead atoms. The Morgan fingerprint density at radius 3 is 2.87 bits per heavy atom. The van der Waals surface area contributed by atoms with Crippen molar-refractivity contribution in [3.63, 3.8) is 0 Å². The van der Waals surface area contributed by atoms with Crippen molar-refractivity contribution in [3.05, 3.63) is 29.8 Å². The van der Waals surface area contributed by atoms with Crippen LogP contribution in [0.4, 0.5) is 0 Å². The van der Waals surface area contributed by atoms with Gasteiger partial charge in [0.15, 0.2) is 6.29 Å². The summed E-state index contributed by atoms with van der Waals surface area (Å²) >= 11 is 0. The molecule has 0 saturated carbocycles. The van der Waals surface area contributed by atoms with Crippen molar-refractivity contribution in [2.75, 3.05) is 6.61 Å². The SMILES string of the molecule is N#CCCCCOc1ccccc1C=O. The number of nitriles is 1. The van der Waals surface area contributed by atoms with Crippen LogP contribution in [0, 0.1) is 11.3 Å². The maximum absolute atomic E-state index is 10.6. The molecule has 0 aliphatic heterocycles. The van der Waals surface area contributed by atoms with Crippen LogP contribution in [0.15, 0.2) is 24.3 Å². The van der Waals surface area contributed by atoms with Gasteiger partial charge in [-0.15, -0.1) is 0 Å². The summed E-state index contributed by atoms with van der Waals surface area (Å²) in [6.07, 6.45) is 3.00. The van der Waals surface area contributed by atoms with Crippen LogP contribution in [0.2, 0.25) is 0 Å². The quantitative estimate of drug-likeness (QED) is 0.527. The van der Waals surface area contributed by atoms with Crippen molar-refractivity contribution < 1.29 is 9.53 Å². The zero-order valence-electron chi connectivity index (χ0n) is 8.48. The van der Waals surface area contributed by atoms with Gasteiger partial charge in [0.05, 0.1) is 18.2 Å². The van der Waals surface area contributed by atoms with Crippen molar-refractivity contribution in [1.82, 2.24) is 0 Å². The number of hydrogen-bond acceptors (Lipinski definition) is 3. The van der Waals surface area contributed by atoms with Gasteiger partial charge in [0, 0.05) is 6.42 Å². The number of carbonyl (C=O) groups is 1. The highest BCUT2D eigenvalue weighted by Gasteiger charge is 2.00. The third-order valence-corrected chi connectivity index (χ3v) is 1.99. The molecule has 1 rings (SSSR count). The minimum absolute atomic E-state index is 0.548. The highest BCUT2D eigenvalue weighted by molar-refractivity contribution is 5.79. The van der Waals surface area contributed by atoms with Gasteiger partial charge < -0.3 is 4.74 Å². The fourth-order valence-corrected chi connectivity index (χ4v) is 1.20. The average molecular weight is 203 g/mol. The van der Waals surface area contributed by atoms with Crippen molar-refractivity contribution in [1.29, 1.82) is 5.26 Å². The number of ether oxygens (including phenoxy) is 1. The van der Waals surface area contributed by atoms with E-state index >= 15 is 0 Å². The van der Waals surface area contributed by atoms with Gasteiger partial charge in [-0.2, -0.15) is 5.26 Å². The van der Waals surface area contributed by atoms with Crippen LogP contribution in [0.3, 0.4) is 0 Å². The molecule has 0 fully saturated rings. The van der Waals surface area contributed by atoms with E-state index in [0.717, 1.165) is 19.1 Å². The average Bonchev–Trinajstić information content (AvgIpc) is 2.29. The molecule has 0 saturated heterocycles. The zero-order valence-corrected chi connectivity index (χ0v) is 8.48. The fraction of sp³-hybridized carbons (Fsp3) is 0.333. The van der Waals surface area contributed by atoms with Gasteiger partial charge in [-0.25, -0.2) is 0 Å². The number of hydrogen-bond donors (Lipinski definition) is 0. The molecule has 0 spiro atoms. The number of nitrogens with zero attached hydrogens (tertiary/aromatic N) is 1. The fourth-order valence-electron chi connectivity index (χ4n) is 1.20. The molecule has 1 aromatic carbocycles. The molecule has 78 valence electrons. The van der Waals surface area contributed by atoms with Gasteiger partial charge in [-0.1, -0.05) is 12.1 Å². The molecule has 0 aliphatic rings. The summed E-state index contributed by atoms with van der Waals surface area (Å²) in [6.45, 7) is 0.548. The second-order valence-corrected chi connectivity index (χ2v) is 3.12. The van der Waals surface area contributed by atoms with Crippen molar-refractivity contribution in [3.8, 4) is 11.8 Å². The van der Waals surface area contributed by atoms with Crippen LogP contribution in [0.1, 0.15) is 29.6 Å². The highest BCUT2D eigenvalue weighted by Crippen LogP contribution is 2.15. The molecule has 0 atom stereocenters. The van der Waals surface area contributed by atoms with Gasteiger partial charge in [-0.3, -0.25) is 4.79 Å². The first-order valence-corrected chi connectivity index (χ1v) is 4.92. The molecular formula is C12H13NO2. The lowest BCUT2D eigenvalue weighted by Gasteiger charge is -2.06. The number of benzene rings is 1. The molecule has 0 aliphatic carbocycles. The smallest absolute Gasteiger partial charge is 0.153 e. The summed E-state index contributed by atoms with van der Waals surface area (Å²) < 4.78 is 5.43. The van der Waals surface area contributed by atoms with Crippen LogP contribution in [-0.2, 0) is 0 Å². The first-order valence-electron chi connectivity index (χ1n) is 4.92. The van der Waals surface area contributed by atoms with Crippen molar-refractivity contribution >= 4 is 6.29 Å². The lowest BCUT2D eigenvalue weighted by molar-refractivity contribution is 0.111. The minimum atomic E-state index is 0.548. The van der Waals surface area contributed by atoms with E-state index in [9.17, 15) is 4.79 Å². The third-order valence-electron chi connectivity index (χ3n) is 1.99. The number of para-hydroxylation sites is 1. The van der Waals surface area contributed by atoms with E-state index in [1.165, 1.54) is 0 Å². The van der Waals surface area contributed by atoms with Crippen molar-refractivity contribution in [2.24, 2.45) is 0 Å². The Hall–Kier alpha value is -1.82. The Kier molecular flexibility index (Phi) is 4.96. The van der Waals surface area contributed by atoms with Crippen LogP contribution >= 0.6 is 0 Å². The standard InChI is InChI=1S/C12H13NO2/c13-8-4-1-5-9-15-12-7-3-2-6-11(12)10-14/h2-3,6-7,10H,1,4-5,9H2. The minimum Gasteiger partial charge on any atom is -0.493 e. The second-order valence-electron chi connectivity index (χ2n) is 3.12. The van der Waals surface area contributed by atoms with E-state index in [1.54, 1.807) is 18.2 Å². The normalized spacial score (nSPS) is 9.27. The van der Waals surface area contributed by atoms with E-state index in [-0.39, 0.29) is 0 Å². The third kappa shape index (κ3) is 3.82. The Balaban J connectivity index is 2.37. The molecule has 0 aromatic heterocycles. The summed E-state index contributed by atoms with van der Waals surface area (Å²) in [5.41, 5.74) is 0.567. The molecule has 1 aromatic rings. The Morgan fingerprint density at radius 1 is 1.33 bits per heavy atom. The lowest BCUT2D eigenvalue weighted by Crippen LogP contribution is -1.99. The van der Waals surface area contributed by atoms with Gasteiger partial charge in [-0.05, 0) is 25.0 Å². The van der Waals surface area contributed by atoms with Crippen molar-refractivity contribution in [2.45, 2.75) is 19.3 Å². The Labute approximate surface area is 89.3 Å². The number of carbonyl (C=O) groups excluding carboxylic acids is 1. The molecule has 3 heteroatoms. The highest BCUT2D eigenvalue weighted by atomic mass is 16.5. The van der Waals surface area contributed by atoms with E-state index in [2.05, 4.69) is 6.07 Å². The van der Waals surface area contributed by atoms with Crippen LogP contribution in [0.5, 0.6) is 5.75 Å². The lowest BCUT2D eigenvalue weighted by atomic mass is 10.2. The molecule has 15 heavy (non-hydrogen) atoms. The van der Waals surface area contributed by atoms with Gasteiger partial charge >= 0.3 is 0 Å².